The van der Waals surface area contributed by atoms with Gasteiger partial charge in [0, 0.05) is 12.2 Å². The average molecular weight is 263 g/mol. The number of carbonyl (C=O) groups is 1. The van der Waals surface area contributed by atoms with Gasteiger partial charge in [0.05, 0.1) is 11.7 Å². The summed E-state index contributed by atoms with van der Waals surface area (Å²) in [6.07, 6.45) is 3.56. The molecule has 3 N–H and O–H groups in total. The Morgan fingerprint density at radius 2 is 2.00 bits per heavy atom. The molecule has 4 heteroatoms. The highest BCUT2D eigenvalue weighted by molar-refractivity contribution is 5.94. The first-order chi connectivity index (χ1) is 9.06. The van der Waals surface area contributed by atoms with Crippen LogP contribution in [0.2, 0.25) is 0 Å². The van der Waals surface area contributed by atoms with Crippen molar-refractivity contribution in [2.45, 2.75) is 38.7 Å². The highest BCUT2D eigenvalue weighted by Crippen LogP contribution is 2.25. The highest BCUT2D eigenvalue weighted by Gasteiger charge is 2.19. The molecule has 0 spiro atoms. The van der Waals surface area contributed by atoms with Gasteiger partial charge in [-0.15, -0.1) is 0 Å². The zero-order valence-electron chi connectivity index (χ0n) is 11.2. The van der Waals surface area contributed by atoms with Crippen molar-refractivity contribution in [1.82, 2.24) is 0 Å². The second-order valence-corrected chi connectivity index (χ2v) is 5.41. The van der Waals surface area contributed by atoms with Gasteiger partial charge in [-0.05, 0) is 50.7 Å². The number of aliphatic hydroxyl groups is 1. The predicted molar refractivity (Wildman–Crippen MR) is 74.6 cm³/mol. The quantitative estimate of drug-likeness (QED) is 0.781. The van der Waals surface area contributed by atoms with Gasteiger partial charge in [-0.25, -0.2) is 4.79 Å². The first-order valence-electron chi connectivity index (χ1n) is 6.82. The van der Waals surface area contributed by atoms with Gasteiger partial charge in [0.1, 0.15) is 0 Å². The second-order valence-electron chi connectivity index (χ2n) is 5.41. The Balaban J connectivity index is 1.97. The summed E-state index contributed by atoms with van der Waals surface area (Å²) in [5, 5.41) is 21.9. The van der Waals surface area contributed by atoms with Crippen molar-refractivity contribution < 1.29 is 15.0 Å². The van der Waals surface area contributed by atoms with Gasteiger partial charge in [0.2, 0.25) is 0 Å². The first kappa shape index (κ1) is 13.9. The van der Waals surface area contributed by atoms with E-state index in [9.17, 15) is 15.0 Å². The minimum Gasteiger partial charge on any atom is -0.478 e. The van der Waals surface area contributed by atoms with E-state index in [0.29, 0.717) is 17.2 Å². The number of nitrogens with one attached hydrogen (secondary N) is 1. The first-order valence-corrected chi connectivity index (χ1v) is 6.82. The molecular formula is C15H21NO3. The van der Waals surface area contributed by atoms with E-state index in [1.165, 1.54) is 0 Å². The largest absolute Gasteiger partial charge is 0.478 e. The topological polar surface area (TPSA) is 69.6 Å². The molecule has 0 bridgehead atoms. The van der Waals surface area contributed by atoms with Crippen LogP contribution < -0.4 is 5.32 Å². The fraction of sp³-hybridized carbons (Fsp3) is 0.533. The molecule has 2 rings (SSSR count). The van der Waals surface area contributed by atoms with E-state index in [1.807, 2.05) is 19.1 Å². The molecule has 0 heterocycles. The van der Waals surface area contributed by atoms with Gasteiger partial charge in [-0.3, -0.25) is 0 Å². The normalized spacial score (nSPS) is 23.1. The van der Waals surface area contributed by atoms with Crippen LogP contribution in [-0.4, -0.2) is 28.8 Å². The van der Waals surface area contributed by atoms with E-state index in [4.69, 9.17) is 0 Å². The lowest BCUT2D eigenvalue weighted by molar-refractivity contribution is 0.0698. The van der Waals surface area contributed by atoms with Crippen LogP contribution in [0.4, 0.5) is 5.69 Å². The number of anilines is 1. The highest BCUT2D eigenvalue weighted by atomic mass is 16.4. The lowest BCUT2D eigenvalue weighted by Gasteiger charge is -2.26. The third-order valence-corrected chi connectivity index (χ3v) is 3.80. The average Bonchev–Trinajstić information content (AvgIpc) is 2.39. The summed E-state index contributed by atoms with van der Waals surface area (Å²) in [5.74, 6) is -0.378. The van der Waals surface area contributed by atoms with E-state index in [-0.39, 0.29) is 6.10 Å². The number of aryl methyl sites for hydroxylation is 1. The Bertz CT molecular complexity index is 451. The number of rotatable bonds is 4. The van der Waals surface area contributed by atoms with Crippen molar-refractivity contribution in [3.63, 3.8) is 0 Å². The van der Waals surface area contributed by atoms with E-state index in [1.54, 1.807) is 6.07 Å². The lowest BCUT2D eigenvalue weighted by atomic mass is 9.87. The van der Waals surface area contributed by atoms with Crippen molar-refractivity contribution in [2.75, 3.05) is 11.9 Å². The molecule has 0 amide bonds. The van der Waals surface area contributed by atoms with Crippen LogP contribution in [0.1, 0.15) is 41.6 Å². The number of aliphatic hydroxyl groups excluding tert-OH is 1. The van der Waals surface area contributed by atoms with Gasteiger partial charge in [0.25, 0.3) is 0 Å². The third kappa shape index (κ3) is 3.70. The maximum Gasteiger partial charge on any atom is 0.337 e. The Labute approximate surface area is 113 Å². The summed E-state index contributed by atoms with van der Waals surface area (Å²) < 4.78 is 0. The summed E-state index contributed by atoms with van der Waals surface area (Å²) in [5.41, 5.74) is 1.96. The summed E-state index contributed by atoms with van der Waals surface area (Å²) in [7, 11) is 0. The number of hydrogen-bond acceptors (Lipinski definition) is 3. The van der Waals surface area contributed by atoms with Crippen LogP contribution >= 0.6 is 0 Å². The van der Waals surface area contributed by atoms with E-state index in [2.05, 4.69) is 5.32 Å². The van der Waals surface area contributed by atoms with Crippen LogP contribution in [0.3, 0.4) is 0 Å². The Morgan fingerprint density at radius 3 is 2.63 bits per heavy atom. The fourth-order valence-corrected chi connectivity index (χ4v) is 2.59. The third-order valence-electron chi connectivity index (χ3n) is 3.80. The number of carboxylic acids is 1. The maximum atomic E-state index is 11.2. The van der Waals surface area contributed by atoms with Crippen LogP contribution in [0, 0.1) is 12.8 Å². The Hall–Kier alpha value is -1.55. The minimum absolute atomic E-state index is 0.148. The molecule has 1 fully saturated rings. The van der Waals surface area contributed by atoms with Gasteiger partial charge in [-0.2, -0.15) is 0 Å². The summed E-state index contributed by atoms with van der Waals surface area (Å²) >= 11 is 0. The fourth-order valence-electron chi connectivity index (χ4n) is 2.59. The molecule has 0 aromatic heterocycles. The van der Waals surface area contributed by atoms with Gasteiger partial charge >= 0.3 is 5.97 Å². The standard InChI is InChI=1S/C15H21NO3/c1-10-2-7-14(13(8-10)15(18)19)16-9-11-3-5-12(17)6-4-11/h2,7-8,11-12,16-17H,3-6,9H2,1H3,(H,18,19). The molecule has 0 unspecified atom stereocenters. The molecule has 104 valence electrons. The maximum absolute atomic E-state index is 11.2. The van der Waals surface area contributed by atoms with Crippen LogP contribution in [0.15, 0.2) is 18.2 Å². The molecule has 1 aliphatic carbocycles. The van der Waals surface area contributed by atoms with Crippen molar-refractivity contribution >= 4 is 11.7 Å². The Morgan fingerprint density at radius 1 is 1.32 bits per heavy atom. The van der Waals surface area contributed by atoms with Crippen LogP contribution in [0.5, 0.6) is 0 Å². The predicted octanol–water partition coefficient (Wildman–Crippen LogP) is 2.66. The molecular weight excluding hydrogens is 242 g/mol. The molecule has 0 radical (unpaired) electrons. The molecule has 1 aliphatic rings. The SMILES string of the molecule is Cc1ccc(NCC2CCC(O)CC2)c(C(=O)O)c1. The van der Waals surface area contributed by atoms with Gasteiger partial charge in [-0.1, -0.05) is 11.6 Å². The molecule has 19 heavy (non-hydrogen) atoms. The molecule has 0 atom stereocenters. The van der Waals surface area contributed by atoms with E-state index >= 15 is 0 Å². The van der Waals surface area contributed by atoms with Crippen LogP contribution in [-0.2, 0) is 0 Å². The zero-order chi connectivity index (χ0) is 13.8. The molecule has 1 aromatic rings. The number of hydrogen-bond donors (Lipinski definition) is 3. The van der Waals surface area contributed by atoms with Crippen molar-refractivity contribution in [1.29, 1.82) is 0 Å². The second kappa shape index (κ2) is 6.06. The molecule has 1 saturated carbocycles. The van der Waals surface area contributed by atoms with Crippen molar-refractivity contribution in [3.8, 4) is 0 Å². The monoisotopic (exact) mass is 263 g/mol. The Kier molecular flexibility index (Phi) is 4.43. The summed E-state index contributed by atoms with van der Waals surface area (Å²) in [6.45, 7) is 2.66. The number of aromatic carboxylic acids is 1. The molecule has 1 aromatic carbocycles. The smallest absolute Gasteiger partial charge is 0.337 e. The van der Waals surface area contributed by atoms with Gasteiger partial charge < -0.3 is 15.5 Å². The minimum atomic E-state index is -0.898. The molecule has 0 saturated heterocycles. The van der Waals surface area contributed by atoms with E-state index < -0.39 is 5.97 Å². The van der Waals surface area contributed by atoms with Crippen molar-refractivity contribution in [3.05, 3.63) is 29.3 Å². The van der Waals surface area contributed by atoms with Gasteiger partial charge in [0.15, 0.2) is 0 Å². The van der Waals surface area contributed by atoms with E-state index in [0.717, 1.165) is 37.8 Å². The van der Waals surface area contributed by atoms with Crippen LogP contribution in [0.25, 0.3) is 0 Å². The lowest BCUT2D eigenvalue weighted by Crippen LogP contribution is -2.24. The molecule has 4 nitrogen and oxygen atoms in total. The summed E-state index contributed by atoms with van der Waals surface area (Å²) in [4.78, 5) is 11.2. The van der Waals surface area contributed by atoms with Crippen molar-refractivity contribution in [2.24, 2.45) is 5.92 Å². The summed E-state index contributed by atoms with van der Waals surface area (Å²) in [6, 6.07) is 5.44. The molecule has 0 aliphatic heterocycles. The number of benzene rings is 1. The number of carboxylic acid groups (broad SMARTS) is 1. The zero-order valence-corrected chi connectivity index (χ0v) is 11.2.